The topological polar surface area (TPSA) is 35.9 Å². The fourth-order valence-corrected chi connectivity index (χ4v) is 1.28. The highest BCUT2D eigenvalue weighted by Crippen LogP contribution is 2.13. The summed E-state index contributed by atoms with van der Waals surface area (Å²) in [7, 11) is 0. The first kappa shape index (κ1) is 6.75. The van der Waals surface area contributed by atoms with Crippen molar-refractivity contribution < 1.29 is 0 Å². The average molecular weight is 126 g/mol. The van der Waals surface area contributed by atoms with Crippen LogP contribution in [0, 0.1) is 11.3 Å². The third-order valence-corrected chi connectivity index (χ3v) is 1.91. The monoisotopic (exact) mass is 126 g/mol. The van der Waals surface area contributed by atoms with E-state index in [2.05, 4.69) is 5.32 Å². The van der Waals surface area contributed by atoms with Crippen LogP contribution in [0.5, 0.6) is 0 Å². The first-order valence-corrected chi connectivity index (χ1v) is 3.63. The van der Waals surface area contributed by atoms with Gasteiger partial charge in [-0.2, -0.15) is 0 Å². The van der Waals surface area contributed by atoms with E-state index in [-0.39, 0.29) is 0 Å². The minimum Gasteiger partial charge on any atom is -0.317 e. The standard InChI is InChI=1S/C7H14N2/c8-4-1-7-2-5-9-6-3-7/h4,7-9H,1-3,5-6H2. The predicted octanol–water partition coefficient (Wildman–Crippen LogP) is 1.03. The fourth-order valence-electron chi connectivity index (χ4n) is 1.28. The summed E-state index contributed by atoms with van der Waals surface area (Å²) < 4.78 is 0. The Bertz CT molecular complexity index is 84.9. The van der Waals surface area contributed by atoms with E-state index in [0.29, 0.717) is 0 Å². The summed E-state index contributed by atoms with van der Waals surface area (Å²) in [6.45, 7) is 2.30. The Morgan fingerprint density at radius 3 is 2.67 bits per heavy atom. The lowest BCUT2D eigenvalue weighted by Gasteiger charge is -2.20. The van der Waals surface area contributed by atoms with Crippen LogP contribution in [0.4, 0.5) is 0 Å². The van der Waals surface area contributed by atoms with Crippen LogP contribution in [-0.4, -0.2) is 19.3 Å². The lowest BCUT2D eigenvalue weighted by Crippen LogP contribution is -2.27. The molecule has 0 radical (unpaired) electrons. The summed E-state index contributed by atoms with van der Waals surface area (Å²) >= 11 is 0. The van der Waals surface area contributed by atoms with E-state index in [1.165, 1.54) is 19.1 Å². The largest absolute Gasteiger partial charge is 0.317 e. The van der Waals surface area contributed by atoms with Crippen molar-refractivity contribution in [1.29, 1.82) is 5.41 Å². The van der Waals surface area contributed by atoms with Crippen molar-refractivity contribution in [2.45, 2.75) is 19.3 Å². The van der Waals surface area contributed by atoms with Gasteiger partial charge >= 0.3 is 0 Å². The van der Waals surface area contributed by atoms with E-state index in [1.807, 2.05) is 0 Å². The van der Waals surface area contributed by atoms with Gasteiger partial charge in [-0.3, -0.25) is 0 Å². The highest BCUT2D eigenvalue weighted by atomic mass is 14.9. The quantitative estimate of drug-likeness (QED) is 0.532. The van der Waals surface area contributed by atoms with Gasteiger partial charge in [-0.15, -0.1) is 0 Å². The number of hydrogen-bond donors (Lipinski definition) is 2. The molecule has 0 aromatic carbocycles. The zero-order valence-electron chi connectivity index (χ0n) is 5.69. The maximum Gasteiger partial charge on any atom is -0.00450 e. The normalized spacial score (nSPS) is 21.8. The van der Waals surface area contributed by atoms with Crippen LogP contribution in [0.2, 0.25) is 0 Å². The Morgan fingerprint density at radius 2 is 2.11 bits per heavy atom. The van der Waals surface area contributed by atoms with E-state index < -0.39 is 0 Å². The lowest BCUT2D eigenvalue weighted by atomic mass is 9.95. The molecular formula is C7H14N2. The molecule has 1 aliphatic heterocycles. The average Bonchev–Trinajstić information content (AvgIpc) is 1.91. The Balaban J connectivity index is 2.15. The van der Waals surface area contributed by atoms with E-state index >= 15 is 0 Å². The molecule has 0 aromatic rings. The van der Waals surface area contributed by atoms with Crippen LogP contribution in [0.25, 0.3) is 0 Å². The molecule has 0 spiro atoms. The molecule has 2 N–H and O–H groups in total. The number of hydrogen-bond acceptors (Lipinski definition) is 2. The third-order valence-electron chi connectivity index (χ3n) is 1.91. The zero-order chi connectivity index (χ0) is 6.53. The van der Waals surface area contributed by atoms with Crippen molar-refractivity contribution in [3.05, 3.63) is 0 Å². The third kappa shape index (κ3) is 2.14. The summed E-state index contributed by atoms with van der Waals surface area (Å²) in [5, 5.41) is 10.2. The molecule has 0 atom stereocenters. The Hall–Kier alpha value is -0.370. The van der Waals surface area contributed by atoms with Crippen molar-refractivity contribution in [3.63, 3.8) is 0 Å². The molecule has 1 saturated heterocycles. The highest BCUT2D eigenvalue weighted by Gasteiger charge is 2.10. The second-order valence-electron chi connectivity index (χ2n) is 2.63. The number of rotatable bonds is 2. The maximum atomic E-state index is 6.89. The molecule has 0 unspecified atom stereocenters. The predicted molar refractivity (Wildman–Crippen MR) is 39.0 cm³/mol. The summed E-state index contributed by atoms with van der Waals surface area (Å²) in [5.41, 5.74) is 0. The highest BCUT2D eigenvalue weighted by molar-refractivity contribution is 5.53. The zero-order valence-corrected chi connectivity index (χ0v) is 5.69. The summed E-state index contributed by atoms with van der Waals surface area (Å²) in [4.78, 5) is 0. The fraction of sp³-hybridized carbons (Fsp3) is 0.857. The van der Waals surface area contributed by atoms with Gasteiger partial charge in [0.15, 0.2) is 0 Å². The smallest absolute Gasteiger partial charge is 0.00450 e. The van der Waals surface area contributed by atoms with Crippen LogP contribution < -0.4 is 5.32 Å². The summed E-state index contributed by atoms with van der Waals surface area (Å²) in [6.07, 6.45) is 5.04. The van der Waals surface area contributed by atoms with E-state index in [0.717, 1.165) is 25.4 Å². The maximum absolute atomic E-state index is 6.89. The van der Waals surface area contributed by atoms with Crippen molar-refractivity contribution in [2.75, 3.05) is 13.1 Å². The van der Waals surface area contributed by atoms with Gasteiger partial charge < -0.3 is 10.7 Å². The second kappa shape index (κ2) is 3.62. The lowest BCUT2D eigenvalue weighted by molar-refractivity contribution is 0.386. The van der Waals surface area contributed by atoms with Gasteiger partial charge in [-0.25, -0.2) is 0 Å². The van der Waals surface area contributed by atoms with Gasteiger partial charge in [-0.1, -0.05) is 0 Å². The van der Waals surface area contributed by atoms with Gasteiger partial charge in [0.2, 0.25) is 0 Å². The second-order valence-corrected chi connectivity index (χ2v) is 2.63. The SMILES string of the molecule is N=CCC1CCNCC1. The molecule has 0 aliphatic carbocycles. The van der Waals surface area contributed by atoms with Gasteiger partial charge in [0.1, 0.15) is 0 Å². The molecule has 1 aliphatic rings. The Morgan fingerprint density at radius 1 is 1.44 bits per heavy atom. The van der Waals surface area contributed by atoms with Crippen LogP contribution >= 0.6 is 0 Å². The molecule has 0 saturated carbocycles. The van der Waals surface area contributed by atoms with Gasteiger partial charge in [0.25, 0.3) is 0 Å². The van der Waals surface area contributed by atoms with Crippen LogP contribution in [0.3, 0.4) is 0 Å². The molecule has 1 heterocycles. The van der Waals surface area contributed by atoms with Gasteiger partial charge in [-0.05, 0) is 44.5 Å². The van der Waals surface area contributed by atoms with Crippen molar-refractivity contribution in [2.24, 2.45) is 5.92 Å². The Kier molecular flexibility index (Phi) is 2.71. The molecule has 0 amide bonds. The molecule has 2 nitrogen and oxygen atoms in total. The van der Waals surface area contributed by atoms with Crippen LogP contribution in [-0.2, 0) is 0 Å². The number of nitrogens with one attached hydrogen (secondary N) is 2. The summed E-state index contributed by atoms with van der Waals surface area (Å²) in [6, 6.07) is 0. The van der Waals surface area contributed by atoms with Crippen LogP contribution in [0.15, 0.2) is 0 Å². The first-order valence-electron chi connectivity index (χ1n) is 3.63. The molecule has 52 valence electrons. The number of piperidine rings is 1. The molecule has 1 rings (SSSR count). The van der Waals surface area contributed by atoms with Crippen LogP contribution in [0.1, 0.15) is 19.3 Å². The van der Waals surface area contributed by atoms with E-state index in [9.17, 15) is 0 Å². The van der Waals surface area contributed by atoms with Crippen molar-refractivity contribution in [1.82, 2.24) is 5.32 Å². The molecule has 0 bridgehead atoms. The Labute approximate surface area is 56.2 Å². The van der Waals surface area contributed by atoms with E-state index in [4.69, 9.17) is 5.41 Å². The first-order chi connectivity index (χ1) is 4.43. The van der Waals surface area contributed by atoms with E-state index in [1.54, 1.807) is 0 Å². The van der Waals surface area contributed by atoms with Crippen molar-refractivity contribution in [3.8, 4) is 0 Å². The van der Waals surface area contributed by atoms with Gasteiger partial charge in [0, 0.05) is 0 Å². The molecule has 1 fully saturated rings. The molecular weight excluding hydrogens is 112 g/mol. The molecule has 2 heteroatoms. The molecule has 9 heavy (non-hydrogen) atoms. The van der Waals surface area contributed by atoms with Crippen molar-refractivity contribution >= 4 is 6.21 Å². The van der Waals surface area contributed by atoms with Gasteiger partial charge in [0.05, 0.1) is 0 Å². The minimum atomic E-state index is 0.795. The summed E-state index contributed by atoms with van der Waals surface area (Å²) in [5.74, 6) is 0.795. The minimum absolute atomic E-state index is 0.795. The molecule has 0 aromatic heterocycles.